The highest BCUT2D eigenvalue weighted by Crippen LogP contribution is 2.35. The Balaban J connectivity index is 1.87. The maximum absolute atomic E-state index is 12.3. The van der Waals surface area contributed by atoms with Crippen molar-refractivity contribution in [2.45, 2.75) is 65.0 Å². The Bertz CT molecular complexity index is 696. The Morgan fingerprint density at radius 3 is 2.68 bits per heavy atom. The van der Waals surface area contributed by atoms with Crippen LogP contribution in [0.4, 0.5) is 10.6 Å². The van der Waals surface area contributed by atoms with Crippen LogP contribution in [-0.2, 0) is 9.47 Å². The third-order valence-corrected chi connectivity index (χ3v) is 4.46. The Kier molecular flexibility index (Phi) is 5.05. The van der Waals surface area contributed by atoms with Gasteiger partial charge in [0, 0.05) is 12.5 Å². The van der Waals surface area contributed by atoms with E-state index in [1.54, 1.807) is 0 Å². The van der Waals surface area contributed by atoms with Gasteiger partial charge in [0.1, 0.15) is 11.4 Å². The molecule has 0 aromatic carbocycles. The molecule has 0 radical (unpaired) electrons. The second-order valence-corrected chi connectivity index (χ2v) is 7.80. The molecule has 136 valence electrons. The molecule has 2 heterocycles. The van der Waals surface area contributed by atoms with Crippen molar-refractivity contribution in [2.24, 2.45) is 5.92 Å². The van der Waals surface area contributed by atoms with Crippen LogP contribution in [0.15, 0.2) is 0 Å². The summed E-state index contributed by atoms with van der Waals surface area (Å²) in [4.78, 5) is 12.3. The molecule has 6 heteroatoms. The van der Waals surface area contributed by atoms with E-state index in [0.717, 1.165) is 37.1 Å². The Morgan fingerprint density at radius 1 is 1.36 bits per heavy atom. The summed E-state index contributed by atoms with van der Waals surface area (Å²) in [7, 11) is 0. The average molecular weight is 345 g/mol. The van der Waals surface area contributed by atoms with Crippen molar-refractivity contribution >= 4 is 11.9 Å². The molecule has 3 rings (SSSR count). The fourth-order valence-corrected chi connectivity index (χ4v) is 2.94. The molecule has 1 aromatic heterocycles. The highest BCUT2D eigenvalue weighted by molar-refractivity contribution is 5.86. The second-order valence-electron chi connectivity index (χ2n) is 7.80. The number of hydrogen-bond donors (Lipinski definition) is 1. The van der Waals surface area contributed by atoms with E-state index in [1.807, 2.05) is 32.4 Å². The van der Waals surface area contributed by atoms with E-state index in [0.29, 0.717) is 18.5 Å². The first-order valence-electron chi connectivity index (χ1n) is 9.02. The van der Waals surface area contributed by atoms with E-state index in [9.17, 15) is 4.79 Å². The van der Waals surface area contributed by atoms with Crippen molar-refractivity contribution in [3.63, 3.8) is 0 Å². The average Bonchev–Trinajstić information content (AvgIpc) is 3.03. The van der Waals surface area contributed by atoms with E-state index in [2.05, 4.69) is 22.3 Å². The molecule has 1 saturated carbocycles. The van der Waals surface area contributed by atoms with E-state index in [4.69, 9.17) is 9.47 Å². The number of nitrogens with zero attached hydrogens (tertiary/aromatic N) is 2. The van der Waals surface area contributed by atoms with Gasteiger partial charge in [-0.25, -0.2) is 9.48 Å². The Morgan fingerprint density at radius 2 is 2.12 bits per heavy atom. The van der Waals surface area contributed by atoms with Crippen LogP contribution < -0.4 is 5.32 Å². The molecule has 1 atom stereocenters. The van der Waals surface area contributed by atoms with Gasteiger partial charge in [0.15, 0.2) is 0 Å². The maximum atomic E-state index is 12.3. The second kappa shape index (κ2) is 7.09. The SMILES string of the molecule is Cc1nn(C2CCC2)c(NC(=O)OC(C)(C)C)c1C#C[C@H]1CCOC1. The van der Waals surface area contributed by atoms with Crippen LogP contribution in [0.1, 0.15) is 63.8 Å². The molecule has 1 N–H and O–H groups in total. The molecule has 6 nitrogen and oxygen atoms in total. The fraction of sp³-hybridized carbons (Fsp3) is 0.684. The third kappa shape index (κ3) is 4.35. The van der Waals surface area contributed by atoms with E-state index < -0.39 is 11.7 Å². The molecule has 1 aliphatic heterocycles. The highest BCUT2D eigenvalue weighted by atomic mass is 16.6. The number of rotatable bonds is 2. The summed E-state index contributed by atoms with van der Waals surface area (Å²) in [6, 6.07) is 0.328. The van der Waals surface area contributed by atoms with Crippen molar-refractivity contribution in [1.82, 2.24) is 9.78 Å². The molecular formula is C19H27N3O3. The molecule has 1 aliphatic carbocycles. The molecule has 0 spiro atoms. The van der Waals surface area contributed by atoms with Crippen molar-refractivity contribution in [1.29, 1.82) is 0 Å². The summed E-state index contributed by atoms with van der Waals surface area (Å²) >= 11 is 0. The predicted molar refractivity (Wildman–Crippen MR) is 95.5 cm³/mol. The van der Waals surface area contributed by atoms with Crippen molar-refractivity contribution in [3.8, 4) is 11.8 Å². The minimum Gasteiger partial charge on any atom is -0.444 e. The predicted octanol–water partition coefficient (Wildman–Crippen LogP) is 3.65. The standard InChI is InChI=1S/C19H27N3O3/c1-13-16(9-8-14-10-11-24-12-14)17(20-18(23)25-19(2,3)4)22(21-13)15-6-5-7-15/h14-15H,5-7,10-12H2,1-4H3,(H,20,23)/t14-/m0/s1. The first-order chi connectivity index (χ1) is 11.8. The van der Waals surface area contributed by atoms with Crippen LogP contribution in [0.2, 0.25) is 0 Å². The van der Waals surface area contributed by atoms with Crippen LogP contribution >= 0.6 is 0 Å². The maximum Gasteiger partial charge on any atom is 0.413 e. The van der Waals surface area contributed by atoms with Crippen LogP contribution in [0.5, 0.6) is 0 Å². The Labute approximate surface area is 149 Å². The van der Waals surface area contributed by atoms with Gasteiger partial charge < -0.3 is 9.47 Å². The fourth-order valence-electron chi connectivity index (χ4n) is 2.94. The van der Waals surface area contributed by atoms with Gasteiger partial charge in [0.25, 0.3) is 0 Å². The number of anilines is 1. The van der Waals surface area contributed by atoms with Gasteiger partial charge in [-0.15, -0.1) is 0 Å². The van der Waals surface area contributed by atoms with Crippen LogP contribution in [0, 0.1) is 24.7 Å². The zero-order chi connectivity index (χ0) is 18.0. The molecule has 1 aromatic rings. The lowest BCUT2D eigenvalue weighted by molar-refractivity contribution is 0.0633. The molecule has 2 fully saturated rings. The molecular weight excluding hydrogens is 318 g/mol. The summed E-state index contributed by atoms with van der Waals surface area (Å²) in [5.74, 6) is 7.41. The van der Waals surface area contributed by atoms with Gasteiger partial charge in [-0.2, -0.15) is 5.10 Å². The zero-order valence-corrected chi connectivity index (χ0v) is 15.5. The topological polar surface area (TPSA) is 65.4 Å². The number of aryl methyl sites for hydroxylation is 1. The molecule has 1 amide bonds. The van der Waals surface area contributed by atoms with Crippen molar-refractivity contribution < 1.29 is 14.3 Å². The largest absolute Gasteiger partial charge is 0.444 e. The van der Waals surface area contributed by atoms with Crippen LogP contribution in [0.25, 0.3) is 0 Å². The summed E-state index contributed by atoms with van der Waals surface area (Å²) < 4.78 is 12.7. The number of amides is 1. The molecule has 0 bridgehead atoms. The number of nitrogens with one attached hydrogen (secondary N) is 1. The van der Waals surface area contributed by atoms with Crippen molar-refractivity contribution in [3.05, 3.63) is 11.3 Å². The smallest absolute Gasteiger partial charge is 0.413 e. The van der Waals surface area contributed by atoms with Gasteiger partial charge in [0.2, 0.25) is 0 Å². The van der Waals surface area contributed by atoms with E-state index in [-0.39, 0.29) is 5.92 Å². The quantitative estimate of drug-likeness (QED) is 0.831. The number of ether oxygens (including phenoxy) is 2. The van der Waals surface area contributed by atoms with Gasteiger partial charge in [0.05, 0.1) is 23.9 Å². The van der Waals surface area contributed by atoms with Gasteiger partial charge in [-0.05, 0) is 53.4 Å². The Hall–Kier alpha value is -2.00. The first-order valence-corrected chi connectivity index (χ1v) is 9.02. The molecule has 25 heavy (non-hydrogen) atoms. The van der Waals surface area contributed by atoms with Gasteiger partial charge in [-0.3, -0.25) is 5.32 Å². The molecule has 0 unspecified atom stereocenters. The minimum absolute atomic E-state index is 0.251. The lowest BCUT2D eigenvalue weighted by atomic mass is 9.93. The minimum atomic E-state index is -0.548. The third-order valence-electron chi connectivity index (χ3n) is 4.46. The van der Waals surface area contributed by atoms with Crippen LogP contribution in [0.3, 0.4) is 0 Å². The van der Waals surface area contributed by atoms with E-state index >= 15 is 0 Å². The normalized spacial score (nSPS) is 20.6. The lowest BCUT2D eigenvalue weighted by Gasteiger charge is -2.28. The molecule has 1 saturated heterocycles. The first kappa shape index (κ1) is 17.8. The number of hydrogen-bond acceptors (Lipinski definition) is 4. The zero-order valence-electron chi connectivity index (χ0n) is 15.5. The summed E-state index contributed by atoms with van der Waals surface area (Å²) in [6.07, 6.45) is 3.83. The summed E-state index contributed by atoms with van der Waals surface area (Å²) in [5.41, 5.74) is 1.07. The highest BCUT2D eigenvalue weighted by Gasteiger charge is 2.28. The molecule has 2 aliphatic rings. The van der Waals surface area contributed by atoms with Crippen molar-refractivity contribution in [2.75, 3.05) is 18.5 Å². The van der Waals surface area contributed by atoms with Crippen LogP contribution in [-0.4, -0.2) is 34.7 Å². The summed E-state index contributed by atoms with van der Waals surface area (Å²) in [5, 5.41) is 7.53. The number of aromatic nitrogens is 2. The van der Waals surface area contributed by atoms with E-state index in [1.165, 1.54) is 6.42 Å². The summed E-state index contributed by atoms with van der Waals surface area (Å²) in [6.45, 7) is 8.93. The van der Waals surface area contributed by atoms with Gasteiger partial charge in [-0.1, -0.05) is 11.8 Å². The lowest BCUT2D eigenvalue weighted by Crippen LogP contribution is -2.29. The monoisotopic (exact) mass is 345 g/mol. The number of carbonyl (C=O) groups is 1. The number of carbonyl (C=O) groups excluding carboxylic acids is 1. The van der Waals surface area contributed by atoms with Gasteiger partial charge >= 0.3 is 6.09 Å².